The van der Waals surface area contributed by atoms with Gasteiger partial charge in [0.25, 0.3) is 5.91 Å². The Bertz CT molecular complexity index is 1610. The van der Waals surface area contributed by atoms with Crippen LogP contribution >= 0.6 is 0 Å². The lowest BCUT2D eigenvalue weighted by molar-refractivity contribution is -0.136. The molecule has 0 aliphatic carbocycles. The third kappa shape index (κ3) is 5.73. The van der Waals surface area contributed by atoms with E-state index in [0.717, 1.165) is 73.5 Å². The van der Waals surface area contributed by atoms with Gasteiger partial charge in [0.2, 0.25) is 11.8 Å². The molecule has 0 bridgehead atoms. The van der Waals surface area contributed by atoms with Gasteiger partial charge in [-0.3, -0.25) is 24.6 Å². The van der Waals surface area contributed by atoms with Crippen LogP contribution < -0.4 is 10.1 Å². The number of hydrogen-bond donors (Lipinski definition) is 1. The van der Waals surface area contributed by atoms with Crippen molar-refractivity contribution in [1.82, 2.24) is 25.1 Å². The first-order chi connectivity index (χ1) is 20.7. The van der Waals surface area contributed by atoms with Crippen LogP contribution in [0.15, 0.2) is 42.6 Å². The van der Waals surface area contributed by atoms with E-state index >= 15 is 0 Å². The van der Waals surface area contributed by atoms with Gasteiger partial charge in [0, 0.05) is 62.3 Å². The smallest absolute Gasteiger partial charge is 0.255 e. The van der Waals surface area contributed by atoms with Crippen LogP contribution in [0.2, 0.25) is 0 Å². The predicted molar refractivity (Wildman–Crippen MR) is 158 cm³/mol. The summed E-state index contributed by atoms with van der Waals surface area (Å²) in [7, 11) is 0. The number of nitrogens with one attached hydrogen (secondary N) is 1. The second kappa shape index (κ2) is 11.0. The highest BCUT2D eigenvalue weighted by molar-refractivity contribution is 6.05. The van der Waals surface area contributed by atoms with Crippen molar-refractivity contribution in [2.75, 3.05) is 19.7 Å². The minimum absolute atomic E-state index is 0.0523. The summed E-state index contributed by atoms with van der Waals surface area (Å²) in [6, 6.07) is 11.4. The van der Waals surface area contributed by atoms with Gasteiger partial charge < -0.3 is 14.4 Å². The summed E-state index contributed by atoms with van der Waals surface area (Å²) in [5.74, 6) is 1.11. The number of nitrogens with zero attached hydrogens (tertiary/aromatic N) is 4. The number of benzene rings is 2. The zero-order chi connectivity index (χ0) is 29.7. The van der Waals surface area contributed by atoms with Gasteiger partial charge in [0.1, 0.15) is 23.7 Å². The van der Waals surface area contributed by atoms with Crippen molar-refractivity contribution in [2.24, 2.45) is 0 Å². The summed E-state index contributed by atoms with van der Waals surface area (Å²) in [5, 5.41) is 3.40. The highest BCUT2D eigenvalue weighted by atomic mass is 16.5. The van der Waals surface area contributed by atoms with Gasteiger partial charge in [0.05, 0.1) is 11.1 Å². The Morgan fingerprint density at radius 3 is 2.81 bits per heavy atom. The van der Waals surface area contributed by atoms with Crippen LogP contribution in [0, 0.1) is 0 Å². The van der Waals surface area contributed by atoms with E-state index in [4.69, 9.17) is 19.4 Å². The molecule has 3 saturated heterocycles. The van der Waals surface area contributed by atoms with Gasteiger partial charge >= 0.3 is 0 Å². The van der Waals surface area contributed by atoms with Crippen molar-refractivity contribution in [3.63, 3.8) is 0 Å². The van der Waals surface area contributed by atoms with Crippen molar-refractivity contribution in [2.45, 2.75) is 82.7 Å². The van der Waals surface area contributed by atoms with Gasteiger partial charge in [-0.25, -0.2) is 9.97 Å². The van der Waals surface area contributed by atoms with Crippen LogP contribution in [0.4, 0.5) is 0 Å². The fourth-order valence-corrected chi connectivity index (χ4v) is 6.96. The Hall–Kier alpha value is -3.89. The van der Waals surface area contributed by atoms with E-state index in [1.807, 2.05) is 18.3 Å². The van der Waals surface area contributed by atoms with E-state index in [1.165, 1.54) is 5.56 Å². The second-order valence-electron chi connectivity index (χ2n) is 12.9. The molecule has 10 nitrogen and oxygen atoms in total. The van der Waals surface area contributed by atoms with E-state index in [2.05, 4.69) is 42.3 Å². The van der Waals surface area contributed by atoms with E-state index in [1.54, 1.807) is 11.0 Å². The molecular formula is C33H37N5O5. The van der Waals surface area contributed by atoms with E-state index in [9.17, 15) is 14.4 Å². The number of aromatic nitrogens is 2. The maximum atomic E-state index is 13.0. The minimum atomic E-state index is -0.617. The average molecular weight is 584 g/mol. The molecule has 3 aromatic rings. The van der Waals surface area contributed by atoms with Gasteiger partial charge in [0.15, 0.2) is 0 Å². The number of amides is 3. The summed E-state index contributed by atoms with van der Waals surface area (Å²) in [4.78, 5) is 50.5. The lowest BCUT2D eigenvalue weighted by atomic mass is 9.88. The molecule has 0 spiro atoms. The van der Waals surface area contributed by atoms with Crippen LogP contribution in [0.1, 0.15) is 79.2 Å². The highest BCUT2D eigenvalue weighted by Gasteiger charge is 2.39. The largest absolute Gasteiger partial charge is 0.489 e. The first-order valence-corrected chi connectivity index (χ1v) is 15.3. The molecule has 0 saturated carbocycles. The number of fused-ring (bicyclic) bond motifs is 2. The van der Waals surface area contributed by atoms with Crippen LogP contribution in [-0.2, 0) is 27.4 Å². The van der Waals surface area contributed by atoms with Gasteiger partial charge in [-0.2, -0.15) is 0 Å². The second-order valence-corrected chi connectivity index (χ2v) is 12.9. The van der Waals surface area contributed by atoms with Gasteiger partial charge in [-0.15, -0.1) is 0 Å². The van der Waals surface area contributed by atoms with Crippen LogP contribution in [0.5, 0.6) is 5.75 Å². The van der Waals surface area contributed by atoms with Crippen molar-refractivity contribution in [3.8, 4) is 5.75 Å². The number of hydrogen-bond acceptors (Lipinski definition) is 8. The van der Waals surface area contributed by atoms with E-state index < -0.39 is 11.9 Å². The number of ether oxygens (including phenoxy) is 2. The predicted octanol–water partition coefficient (Wildman–Crippen LogP) is 3.72. The first-order valence-electron chi connectivity index (χ1n) is 15.3. The number of piperidine rings is 1. The van der Waals surface area contributed by atoms with Crippen molar-refractivity contribution >= 4 is 28.6 Å². The average Bonchev–Trinajstić information content (AvgIpc) is 3.55. The molecule has 4 aliphatic heterocycles. The molecule has 3 fully saturated rings. The van der Waals surface area contributed by atoms with E-state index in [0.29, 0.717) is 24.4 Å². The molecule has 224 valence electrons. The zero-order valence-electron chi connectivity index (χ0n) is 24.7. The van der Waals surface area contributed by atoms with Crippen molar-refractivity contribution < 1.29 is 23.9 Å². The molecule has 43 heavy (non-hydrogen) atoms. The monoisotopic (exact) mass is 583 g/mol. The fourth-order valence-electron chi connectivity index (χ4n) is 6.96. The molecule has 4 aliphatic rings. The Morgan fingerprint density at radius 2 is 1.98 bits per heavy atom. The standard InChI is InChI=1S/C33H37N5O5/c1-33(2)15-21(10-12-42-33)30-34-16-22-13-20(3-6-27(22)35-30)17-37-11-9-25(19-37)43-24-4-5-26-23(14-24)18-38(32(26)41)28-7-8-29(39)36-31(28)40/h3-6,13-14,16,21,25,28H,7-12,15,17-19H2,1-2H3,(H,36,39,40)/t21-,25+,28+/m1/s1. The molecule has 7 rings (SSSR count). The first kappa shape index (κ1) is 27.9. The lowest BCUT2D eigenvalue weighted by Gasteiger charge is -2.34. The maximum absolute atomic E-state index is 13.0. The Kier molecular flexibility index (Phi) is 7.13. The van der Waals surface area contributed by atoms with Gasteiger partial charge in [-0.05, 0) is 81.0 Å². The summed E-state index contributed by atoms with van der Waals surface area (Å²) in [5.41, 5.74) is 3.51. The quantitative estimate of drug-likeness (QED) is 0.437. The topological polar surface area (TPSA) is 114 Å². The number of carbonyl (C=O) groups excluding carboxylic acids is 3. The Morgan fingerprint density at radius 1 is 1.09 bits per heavy atom. The molecular weight excluding hydrogens is 546 g/mol. The summed E-state index contributed by atoms with van der Waals surface area (Å²) in [6.45, 7) is 7.92. The third-order valence-corrected chi connectivity index (χ3v) is 9.16. The van der Waals surface area contributed by atoms with Gasteiger partial charge in [-0.1, -0.05) is 6.07 Å². The van der Waals surface area contributed by atoms with Crippen LogP contribution in [0.25, 0.3) is 10.9 Å². The summed E-state index contributed by atoms with van der Waals surface area (Å²) < 4.78 is 12.2. The fraction of sp³-hybridized carbons (Fsp3) is 0.485. The number of likely N-dealkylation sites (tertiary alicyclic amines) is 1. The molecule has 1 aromatic heterocycles. The molecule has 2 aromatic carbocycles. The molecule has 0 radical (unpaired) electrons. The molecule has 5 heterocycles. The molecule has 0 unspecified atom stereocenters. The van der Waals surface area contributed by atoms with Crippen LogP contribution in [-0.4, -0.2) is 74.9 Å². The lowest BCUT2D eigenvalue weighted by Crippen LogP contribution is -2.52. The normalized spacial score (nSPS) is 25.7. The maximum Gasteiger partial charge on any atom is 0.255 e. The SMILES string of the molecule is CC1(C)C[C@H](c2ncc3cc(CN4CC[C@H](Oc5ccc6c(c5)CN([C@H]5CCC(=O)NC5=O)C6=O)C4)ccc3n2)CCO1. The third-order valence-electron chi connectivity index (χ3n) is 9.16. The highest BCUT2D eigenvalue weighted by Crippen LogP contribution is 2.35. The molecule has 10 heteroatoms. The number of rotatable bonds is 6. The minimum Gasteiger partial charge on any atom is -0.489 e. The molecule has 1 N–H and O–H groups in total. The summed E-state index contributed by atoms with van der Waals surface area (Å²) >= 11 is 0. The molecule has 3 atom stereocenters. The van der Waals surface area contributed by atoms with Crippen LogP contribution in [0.3, 0.4) is 0 Å². The van der Waals surface area contributed by atoms with E-state index in [-0.39, 0.29) is 29.9 Å². The Labute approximate surface area is 250 Å². The summed E-state index contributed by atoms with van der Waals surface area (Å²) in [6.07, 6.45) is 5.41. The zero-order valence-corrected chi connectivity index (χ0v) is 24.7. The molecule has 3 amide bonds. The Balaban J connectivity index is 0.957. The van der Waals surface area contributed by atoms with Crippen molar-refractivity contribution in [1.29, 1.82) is 0 Å². The number of imide groups is 1. The number of carbonyl (C=O) groups is 3. The van der Waals surface area contributed by atoms with Crippen molar-refractivity contribution in [3.05, 3.63) is 65.1 Å².